The van der Waals surface area contributed by atoms with Gasteiger partial charge in [0, 0.05) is 32.6 Å². The van der Waals surface area contributed by atoms with Gasteiger partial charge in [-0.1, -0.05) is 48.9 Å². The second kappa shape index (κ2) is 12.6. The van der Waals surface area contributed by atoms with Gasteiger partial charge in [0.25, 0.3) is 0 Å². The molecule has 166 valence electrons. The van der Waals surface area contributed by atoms with E-state index in [-0.39, 0.29) is 11.8 Å². The van der Waals surface area contributed by atoms with Crippen LogP contribution in [0.5, 0.6) is 11.5 Å². The molecule has 0 spiro atoms. The Morgan fingerprint density at radius 3 is 2.58 bits per heavy atom. The molecule has 0 aliphatic heterocycles. The second-order valence-electron chi connectivity index (χ2n) is 6.94. The molecule has 0 fully saturated rings. The van der Waals surface area contributed by atoms with Crippen molar-refractivity contribution in [1.82, 2.24) is 10.2 Å². The zero-order valence-electron chi connectivity index (χ0n) is 18.2. The molecule has 2 aromatic carbocycles. The van der Waals surface area contributed by atoms with E-state index in [0.29, 0.717) is 42.8 Å². The first-order chi connectivity index (χ1) is 14.9. The first-order valence-corrected chi connectivity index (χ1v) is 10.6. The molecule has 2 aromatic rings. The summed E-state index contributed by atoms with van der Waals surface area (Å²) in [7, 11) is 1.55. The number of rotatable bonds is 11. The summed E-state index contributed by atoms with van der Waals surface area (Å²) in [5, 5.41) is 3.15. The Hall–Kier alpha value is -2.99. The lowest BCUT2D eigenvalue weighted by Gasteiger charge is -2.21. The van der Waals surface area contributed by atoms with Crippen LogP contribution in [0.2, 0.25) is 5.02 Å². The quantitative estimate of drug-likeness (QED) is 0.524. The van der Waals surface area contributed by atoms with Gasteiger partial charge in [-0.15, -0.1) is 0 Å². The Morgan fingerprint density at radius 2 is 1.94 bits per heavy atom. The summed E-state index contributed by atoms with van der Waals surface area (Å²) < 4.78 is 11.1. The normalized spacial score (nSPS) is 10.7. The number of hydrogen-bond acceptors (Lipinski definition) is 4. The van der Waals surface area contributed by atoms with E-state index in [1.165, 1.54) is 13.0 Å². The fraction of sp³-hybridized carbons (Fsp3) is 0.333. The van der Waals surface area contributed by atoms with Crippen molar-refractivity contribution >= 4 is 29.5 Å². The molecule has 0 aliphatic carbocycles. The highest BCUT2D eigenvalue weighted by molar-refractivity contribution is 6.32. The number of hydrogen-bond donors (Lipinski definition) is 1. The summed E-state index contributed by atoms with van der Waals surface area (Å²) in [6.45, 7) is 5.21. The average molecular weight is 445 g/mol. The Kier molecular flexibility index (Phi) is 9.91. The van der Waals surface area contributed by atoms with Crippen LogP contribution in [0.3, 0.4) is 0 Å². The number of amides is 2. The number of halogens is 1. The summed E-state index contributed by atoms with van der Waals surface area (Å²) in [6, 6.07) is 13.2. The van der Waals surface area contributed by atoms with Gasteiger partial charge in [-0.3, -0.25) is 9.59 Å². The Morgan fingerprint density at radius 1 is 1.19 bits per heavy atom. The van der Waals surface area contributed by atoms with Crippen molar-refractivity contribution in [3.05, 3.63) is 64.7 Å². The van der Waals surface area contributed by atoms with Gasteiger partial charge in [0.05, 0.1) is 18.7 Å². The minimum Gasteiger partial charge on any atom is -0.493 e. The lowest BCUT2D eigenvalue weighted by atomic mass is 10.1. The number of carbonyl (C=O) groups is 2. The van der Waals surface area contributed by atoms with Gasteiger partial charge in [-0.2, -0.15) is 0 Å². The maximum Gasteiger partial charge on any atom is 0.246 e. The first-order valence-electron chi connectivity index (χ1n) is 10.2. The number of methoxy groups -OCH3 is 1. The van der Waals surface area contributed by atoms with Crippen LogP contribution in [0.1, 0.15) is 31.4 Å². The molecule has 2 amide bonds. The third-order valence-corrected chi connectivity index (χ3v) is 4.69. The SMILES string of the molecule is CCCOc1c(Cl)cc(/C=C/C(=O)N(CCNC(C)=O)Cc2ccccc2)cc1OC. The smallest absolute Gasteiger partial charge is 0.246 e. The number of benzene rings is 2. The maximum absolute atomic E-state index is 12.9. The fourth-order valence-corrected chi connectivity index (χ4v) is 3.16. The van der Waals surface area contributed by atoms with Gasteiger partial charge >= 0.3 is 0 Å². The highest BCUT2D eigenvalue weighted by atomic mass is 35.5. The number of carbonyl (C=O) groups excluding carboxylic acids is 2. The molecule has 6 nitrogen and oxygen atoms in total. The minimum atomic E-state index is -0.171. The van der Waals surface area contributed by atoms with Crippen molar-refractivity contribution in [2.24, 2.45) is 0 Å². The van der Waals surface area contributed by atoms with E-state index in [0.717, 1.165) is 17.5 Å². The van der Waals surface area contributed by atoms with Crippen LogP contribution in [0.4, 0.5) is 0 Å². The van der Waals surface area contributed by atoms with Crippen LogP contribution >= 0.6 is 11.6 Å². The summed E-state index contributed by atoms with van der Waals surface area (Å²) in [5.41, 5.74) is 1.73. The molecule has 0 aromatic heterocycles. The van der Waals surface area contributed by atoms with Crippen molar-refractivity contribution < 1.29 is 19.1 Å². The number of nitrogens with one attached hydrogen (secondary N) is 1. The second-order valence-corrected chi connectivity index (χ2v) is 7.35. The van der Waals surface area contributed by atoms with E-state index in [1.54, 1.807) is 30.2 Å². The summed E-state index contributed by atoms with van der Waals surface area (Å²) in [4.78, 5) is 25.7. The van der Waals surface area contributed by atoms with Crippen molar-refractivity contribution in [1.29, 1.82) is 0 Å². The van der Waals surface area contributed by atoms with Crippen LogP contribution < -0.4 is 14.8 Å². The van der Waals surface area contributed by atoms with Crippen molar-refractivity contribution in [2.45, 2.75) is 26.8 Å². The summed E-state index contributed by atoms with van der Waals surface area (Å²) in [6.07, 6.45) is 4.04. The molecule has 0 heterocycles. The molecule has 31 heavy (non-hydrogen) atoms. The highest BCUT2D eigenvalue weighted by Gasteiger charge is 2.13. The molecule has 2 rings (SSSR count). The third kappa shape index (κ3) is 7.98. The standard InChI is InChI=1S/C24H29ClN2O4/c1-4-14-31-24-21(25)15-20(16-22(24)30-3)10-11-23(29)27(13-12-26-18(2)28)17-19-8-6-5-7-9-19/h5-11,15-16H,4,12-14,17H2,1-3H3,(H,26,28)/b11-10+. The van der Waals surface area contributed by atoms with Gasteiger partial charge in [-0.05, 0) is 35.8 Å². The Balaban J connectivity index is 2.16. The molecule has 0 saturated heterocycles. The highest BCUT2D eigenvalue weighted by Crippen LogP contribution is 2.36. The van der Waals surface area contributed by atoms with Crippen molar-refractivity contribution in [2.75, 3.05) is 26.8 Å². The van der Waals surface area contributed by atoms with Gasteiger partial charge in [-0.25, -0.2) is 0 Å². The van der Waals surface area contributed by atoms with E-state index in [9.17, 15) is 9.59 Å². The molecule has 7 heteroatoms. The molecule has 0 atom stereocenters. The molecule has 0 bridgehead atoms. The molecular formula is C24H29ClN2O4. The van der Waals surface area contributed by atoms with E-state index in [2.05, 4.69) is 5.32 Å². The van der Waals surface area contributed by atoms with E-state index in [4.69, 9.17) is 21.1 Å². The zero-order chi connectivity index (χ0) is 22.6. The molecule has 0 unspecified atom stereocenters. The number of ether oxygens (including phenoxy) is 2. The van der Waals surface area contributed by atoms with Crippen LogP contribution in [-0.2, 0) is 16.1 Å². The Bertz CT molecular complexity index is 900. The Labute approximate surface area is 188 Å². The fourth-order valence-electron chi connectivity index (χ4n) is 2.89. The molecule has 0 saturated carbocycles. The maximum atomic E-state index is 12.9. The zero-order valence-corrected chi connectivity index (χ0v) is 18.9. The van der Waals surface area contributed by atoms with Crippen LogP contribution in [0.25, 0.3) is 6.08 Å². The lowest BCUT2D eigenvalue weighted by molar-refractivity contribution is -0.127. The van der Waals surface area contributed by atoms with E-state index in [1.807, 2.05) is 37.3 Å². The summed E-state index contributed by atoms with van der Waals surface area (Å²) in [5.74, 6) is 0.709. The molecular weight excluding hydrogens is 416 g/mol. The van der Waals surface area contributed by atoms with Crippen LogP contribution in [0, 0.1) is 0 Å². The summed E-state index contributed by atoms with van der Waals surface area (Å²) >= 11 is 6.36. The predicted octanol–water partition coefficient (Wildman–Crippen LogP) is 4.32. The topological polar surface area (TPSA) is 67.9 Å². The van der Waals surface area contributed by atoms with Crippen LogP contribution in [0.15, 0.2) is 48.5 Å². The van der Waals surface area contributed by atoms with Gasteiger partial charge in [0.1, 0.15) is 0 Å². The average Bonchev–Trinajstić information content (AvgIpc) is 2.76. The molecule has 1 N–H and O–H groups in total. The third-order valence-electron chi connectivity index (χ3n) is 4.40. The van der Waals surface area contributed by atoms with Crippen molar-refractivity contribution in [3.8, 4) is 11.5 Å². The van der Waals surface area contributed by atoms with E-state index < -0.39 is 0 Å². The van der Waals surface area contributed by atoms with Gasteiger partial charge in [0.2, 0.25) is 11.8 Å². The largest absolute Gasteiger partial charge is 0.493 e. The predicted molar refractivity (Wildman–Crippen MR) is 123 cm³/mol. The minimum absolute atomic E-state index is 0.130. The van der Waals surface area contributed by atoms with E-state index >= 15 is 0 Å². The lowest BCUT2D eigenvalue weighted by Crippen LogP contribution is -2.36. The molecule has 0 aliphatic rings. The first kappa shape index (κ1) is 24.3. The number of nitrogens with zero attached hydrogens (tertiary/aromatic N) is 1. The van der Waals surface area contributed by atoms with Crippen LogP contribution in [-0.4, -0.2) is 43.5 Å². The monoisotopic (exact) mass is 444 g/mol. The van der Waals surface area contributed by atoms with Gasteiger partial charge < -0.3 is 19.7 Å². The van der Waals surface area contributed by atoms with Gasteiger partial charge in [0.15, 0.2) is 11.5 Å². The van der Waals surface area contributed by atoms with Crippen molar-refractivity contribution in [3.63, 3.8) is 0 Å². The molecule has 0 radical (unpaired) electrons.